The van der Waals surface area contributed by atoms with Gasteiger partial charge in [-0.25, -0.2) is 8.42 Å². The van der Waals surface area contributed by atoms with E-state index in [1.165, 1.54) is 6.07 Å². The Hall–Kier alpha value is -0.950. The minimum atomic E-state index is -3.73. The smallest absolute Gasteiger partial charge is 0.271 e. The maximum Gasteiger partial charge on any atom is 0.271 e. The van der Waals surface area contributed by atoms with Gasteiger partial charge in [0.1, 0.15) is 4.21 Å². The highest BCUT2D eigenvalue weighted by atomic mass is 35.5. The second-order valence-electron chi connectivity index (χ2n) is 3.86. The molecule has 2 rings (SSSR count). The van der Waals surface area contributed by atoms with Crippen LogP contribution in [-0.4, -0.2) is 8.42 Å². The van der Waals surface area contributed by atoms with Crippen LogP contribution in [0, 0.1) is 6.92 Å². The fourth-order valence-corrected chi connectivity index (χ4v) is 4.16. The highest BCUT2D eigenvalue weighted by molar-refractivity contribution is 7.94. The van der Waals surface area contributed by atoms with Gasteiger partial charge in [0.25, 0.3) is 10.0 Å². The van der Waals surface area contributed by atoms with E-state index in [1.54, 1.807) is 24.4 Å². The number of nitrogens with two attached hydrogens (primary N) is 1. The first-order chi connectivity index (χ1) is 8.81. The Morgan fingerprint density at radius 2 is 2.00 bits per heavy atom. The molecule has 102 valence electrons. The summed E-state index contributed by atoms with van der Waals surface area (Å²) in [5, 5.41) is 2.07. The molecule has 0 radical (unpaired) electrons. The van der Waals surface area contributed by atoms with Crippen molar-refractivity contribution in [1.82, 2.24) is 0 Å². The largest absolute Gasteiger partial charge is 0.398 e. The van der Waals surface area contributed by atoms with Crippen LogP contribution in [0.2, 0.25) is 10.0 Å². The van der Waals surface area contributed by atoms with Crippen LogP contribution in [0.15, 0.2) is 27.8 Å². The first kappa shape index (κ1) is 14.5. The maximum atomic E-state index is 12.2. The number of thiophene rings is 1. The number of rotatable bonds is 3. The molecule has 0 spiro atoms. The average molecular weight is 337 g/mol. The summed E-state index contributed by atoms with van der Waals surface area (Å²) >= 11 is 13.1. The van der Waals surface area contributed by atoms with Gasteiger partial charge in [-0.3, -0.25) is 4.72 Å². The molecule has 0 aliphatic rings. The quantitative estimate of drug-likeness (QED) is 0.896. The Kier molecular flexibility index (Phi) is 3.96. The molecule has 0 aliphatic heterocycles. The normalized spacial score (nSPS) is 11.5. The van der Waals surface area contributed by atoms with Gasteiger partial charge in [-0.2, -0.15) is 0 Å². The first-order valence-electron chi connectivity index (χ1n) is 5.12. The maximum absolute atomic E-state index is 12.2. The molecular formula is C11H10Cl2N2O2S2. The summed E-state index contributed by atoms with van der Waals surface area (Å²) in [6.07, 6.45) is 0. The van der Waals surface area contributed by atoms with E-state index in [0.29, 0.717) is 5.69 Å². The molecule has 4 nitrogen and oxygen atoms in total. The summed E-state index contributed by atoms with van der Waals surface area (Å²) in [4.78, 5) is 0. The molecule has 0 aliphatic carbocycles. The van der Waals surface area contributed by atoms with Crippen molar-refractivity contribution in [2.45, 2.75) is 11.1 Å². The summed E-state index contributed by atoms with van der Waals surface area (Å²) in [5.74, 6) is 0. The van der Waals surface area contributed by atoms with Crippen molar-refractivity contribution in [1.29, 1.82) is 0 Å². The molecular weight excluding hydrogens is 327 g/mol. The Bertz CT molecular complexity index is 726. The average Bonchev–Trinajstić information content (AvgIpc) is 2.77. The number of aryl methyl sites for hydroxylation is 1. The molecule has 0 saturated heterocycles. The van der Waals surface area contributed by atoms with Crippen molar-refractivity contribution in [3.8, 4) is 0 Å². The number of nitrogen functional groups attached to an aromatic ring is 1. The second kappa shape index (κ2) is 5.20. The Morgan fingerprint density at radius 3 is 2.58 bits per heavy atom. The number of halogens is 2. The SMILES string of the molecule is Cc1ccc(Cl)c(NS(=O)(=O)c2cc(N)cs2)c1Cl. The number of nitrogens with one attached hydrogen (secondary N) is 1. The Labute approximate surface area is 125 Å². The predicted octanol–water partition coefficient (Wildman–Crippen LogP) is 3.75. The molecule has 0 atom stereocenters. The summed E-state index contributed by atoms with van der Waals surface area (Å²) in [5.41, 5.74) is 6.82. The molecule has 0 fully saturated rings. The Balaban J connectivity index is 2.44. The zero-order valence-corrected chi connectivity index (χ0v) is 12.9. The summed E-state index contributed by atoms with van der Waals surface area (Å²) in [6, 6.07) is 4.68. The van der Waals surface area contributed by atoms with Crippen molar-refractivity contribution in [3.63, 3.8) is 0 Å². The number of hydrogen-bond acceptors (Lipinski definition) is 4. The monoisotopic (exact) mass is 336 g/mol. The third-order valence-electron chi connectivity index (χ3n) is 2.38. The van der Waals surface area contributed by atoms with E-state index >= 15 is 0 Å². The number of sulfonamides is 1. The van der Waals surface area contributed by atoms with Gasteiger partial charge >= 0.3 is 0 Å². The lowest BCUT2D eigenvalue weighted by Crippen LogP contribution is -2.12. The van der Waals surface area contributed by atoms with Crippen LogP contribution in [-0.2, 0) is 10.0 Å². The van der Waals surface area contributed by atoms with Crippen LogP contribution < -0.4 is 10.5 Å². The van der Waals surface area contributed by atoms with Gasteiger partial charge < -0.3 is 5.73 Å². The van der Waals surface area contributed by atoms with E-state index in [9.17, 15) is 8.42 Å². The van der Waals surface area contributed by atoms with Gasteiger partial charge in [-0.05, 0) is 24.6 Å². The molecule has 8 heteroatoms. The lowest BCUT2D eigenvalue weighted by Gasteiger charge is -2.11. The van der Waals surface area contributed by atoms with Gasteiger partial charge in [0.05, 0.1) is 15.7 Å². The predicted molar refractivity (Wildman–Crippen MR) is 80.7 cm³/mol. The van der Waals surface area contributed by atoms with Gasteiger partial charge in [-0.1, -0.05) is 29.3 Å². The van der Waals surface area contributed by atoms with Crippen LogP contribution in [0.1, 0.15) is 5.56 Å². The zero-order chi connectivity index (χ0) is 14.2. The van der Waals surface area contributed by atoms with Crippen LogP contribution in [0.5, 0.6) is 0 Å². The van der Waals surface area contributed by atoms with Gasteiger partial charge in [-0.15, -0.1) is 11.3 Å². The summed E-state index contributed by atoms with van der Waals surface area (Å²) in [6.45, 7) is 1.76. The number of benzene rings is 1. The zero-order valence-electron chi connectivity index (χ0n) is 9.78. The highest BCUT2D eigenvalue weighted by Crippen LogP contribution is 2.35. The third kappa shape index (κ3) is 2.97. The lowest BCUT2D eigenvalue weighted by atomic mass is 10.2. The molecule has 0 unspecified atom stereocenters. The van der Waals surface area contributed by atoms with E-state index in [-0.39, 0.29) is 19.9 Å². The van der Waals surface area contributed by atoms with Crippen molar-refractivity contribution in [2.75, 3.05) is 10.5 Å². The van der Waals surface area contributed by atoms with Crippen molar-refractivity contribution in [2.24, 2.45) is 0 Å². The fourth-order valence-electron chi connectivity index (χ4n) is 1.41. The number of anilines is 2. The molecule has 0 amide bonds. The van der Waals surface area contributed by atoms with Crippen LogP contribution in [0.4, 0.5) is 11.4 Å². The van der Waals surface area contributed by atoms with E-state index in [0.717, 1.165) is 16.9 Å². The third-order valence-corrected chi connectivity index (χ3v) is 5.99. The molecule has 19 heavy (non-hydrogen) atoms. The standard InChI is InChI=1S/C11H10Cl2N2O2S2/c1-6-2-3-8(12)11(10(6)13)15-19(16,17)9-4-7(14)5-18-9/h2-5,15H,14H2,1H3. The lowest BCUT2D eigenvalue weighted by molar-refractivity contribution is 0.603. The van der Waals surface area contributed by atoms with Gasteiger partial charge in [0.15, 0.2) is 0 Å². The molecule has 1 aromatic heterocycles. The number of hydrogen-bond donors (Lipinski definition) is 2. The fraction of sp³-hybridized carbons (Fsp3) is 0.0909. The van der Waals surface area contributed by atoms with Crippen molar-refractivity contribution < 1.29 is 8.42 Å². The minimum Gasteiger partial charge on any atom is -0.398 e. The van der Waals surface area contributed by atoms with Crippen LogP contribution in [0.25, 0.3) is 0 Å². The minimum absolute atomic E-state index is 0.110. The highest BCUT2D eigenvalue weighted by Gasteiger charge is 2.20. The van der Waals surface area contributed by atoms with Crippen molar-refractivity contribution >= 4 is 55.9 Å². The van der Waals surface area contributed by atoms with E-state index in [4.69, 9.17) is 28.9 Å². The first-order valence-corrected chi connectivity index (χ1v) is 8.24. The van der Waals surface area contributed by atoms with Crippen LogP contribution in [0.3, 0.4) is 0 Å². The Morgan fingerprint density at radius 1 is 1.32 bits per heavy atom. The van der Waals surface area contributed by atoms with E-state index in [1.807, 2.05) is 0 Å². The molecule has 0 saturated carbocycles. The molecule has 3 N–H and O–H groups in total. The molecule has 1 heterocycles. The second-order valence-corrected chi connectivity index (χ2v) is 7.46. The van der Waals surface area contributed by atoms with Crippen LogP contribution >= 0.6 is 34.5 Å². The summed E-state index contributed by atoms with van der Waals surface area (Å²) < 4.78 is 26.8. The van der Waals surface area contributed by atoms with Crippen molar-refractivity contribution in [3.05, 3.63) is 39.2 Å². The van der Waals surface area contributed by atoms with Gasteiger partial charge in [0, 0.05) is 11.1 Å². The molecule has 1 aromatic carbocycles. The topological polar surface area (TPSA) is 72.2 Å². The van der Waals surface area contributed by atoms with E-state index in [2.05, 4.69) is 4.72 Å². The molecule has 0 bridgehead atoms. The van der Waals surface area contributed by atoms with Gasteiger partial charge in [0.2, 0.25) is 0 Å². The summed E-state index contributed by atoms with van der Waals surface area (Å²) in [7, 11) is -3.73. The van der Waals surface area contributed by atoms with E-state index < -0.39 is 10.0 Å². The molecule has 2 aromatic rings.